The number of rotatable bonds is 15. The van der Waals surface area contributed by atoms with Crippen molar-refractivity contribution in [1.82, 2.24) is 20.9 Å². The van der Waals surface area contributed by atoms with E-state index in [0.717, 1.165) is 0 Å². The summed E-state index contributed by atoms with van der Waals surface area (Å²) in [5.41, 5.74) is 0.110. The van der Waals surface area contributed by atoms with Crippen LogP contribution < -0.4 is 31.9 Å². The molecule has 0 radical (unpaired) electrons. The molecule has 0 saturated heterocycles. The molecule has 0 aliphatic heterocycles. The first kappa shape index (κ1) is 34.1. The summed E-state index contributed by atoms with van der Waals surface area (Å²) in [5, 5.41) is 48.3. The molecule has 0 aromatic heterocycles. The van der Waals surface area contributed by atoms with Crippen LogP contribution in [0.5, 0.6) is 0 Å². The number of carbonyl (C=O) groups excluding carboxylic acids is 3. The van der Waals surface area contributed by atoms with Gasteiger partial charge in [0.2, 0.25) is 0 Å². The fourth-order valence-electron chi connectivity index (χ4n) is 3.94. The van der Waals surface area contributed by atoms with E-state index in [1.165, 1.54) is 72.8 Å². The number of anilines is 3. The van der Waals surface area contributed by atoms with Gasteiger partial charge in [0.15, 0.2) is 0 Å². The monoisotopic (exact) mass is 638 g/mol. The number of nitro groups is 3. The van der Waals surface area contributed by atoms with Crippen molar-refractivity contribution in [3.05, 3.63) is 103 Å². The summed E-state index contributed by atoms with van der Waals surface area (Å²) in [6.07, 6.45) is 0. The lowest BCUT2D eigenvalue weighted by atomic mass is 10.3. The molecular weight excluding hydrogens is 608 g/mol. The number of amides is 6. The molecule has 0 saturated carbocycles. The number of carbonyl (C=O) groups is 3. The van der Waals surface area contributed by atoms with Gasteiger partial charge in [-0.15, -0.1) is 0 Å². The molecule has 46 heavy (non-hydrogen) atoms. The van der Waals surface area contributed by atoms with Gasteiger partial charge in [-0.1, -0.05) is 18.2 Å². The van der Waals surface area contributed by atoms with Crippen molar-refractivity contribution in [3.8, 4) is 0 Å². The van der Waals surface area contributed by atoms with Crippen LogP contribution in [0.2, 0.25) is 0 Å². The number of hydrogen-bond donors (Lipinski definition) is 6. The number of urea groups is 3. The van der Waals surface area contributed by atoms with Crippen molar-refractivity contribution in [2.45, 2.75) is 0 Å². The van der Waals surface area contributed by atoms with E-state index in [2.05, 4.69) is 31.9 Å². The van der Waals surface area contributed by atoms with Crippen LogP contribution in [-0.4, -0.2) is 77.0 Å². The molecule has 0 aliphatic carbocycles. The molecule has 0 unspecified atom stereocenters. The van der Waals surface area contributed by atoms with Gasteiger partial charge >= 0.3 is 18.1 Å². The maximum Gasteiger partial charge on any atom is 0.319 e. The Balaban J connectivity index is 1.51. The number of nitrogens with zero attached hydrogens (tertiary/aromatic N) is 4. The van der Waals surface area contributed by atoms with E-state index in [9.17, 15) is 44.7 Å². The molecule has 19 heteroatoms. The molecular formula is C27H30N10O9. The van der Waals surface area contributed by atoms with Crippen molar-refractivity contribution < 1.29 is 29.2 Å². The van der Waals surface area contributed by atoms with Crippen LogP contribution in [0.3, 0.4) is 0 Å². The molecule has 3 aromatic carbocycles. The molecule has 0 aliphatic rings. The summed E-state index contributed by atoms with van der Waals surface area (Å²) in [7, 11) is 0. The Bertz CT molecular complexity index is 1400. The third-order valence-electron chi connectivity index (χ3n) is 6.09. The second kappa shape index (κ2) is 17.1. The molecule has 0 fully saturated rings. The van der Waals surface area contributed by atoms with Gasteiger partial charge in [-0.3, -0.25) is 35.2 Å². The van der Waals surface area contributed by atoms with Gasteiger partial charge in [0, 0.05) is 92.7 Å². The summed E-state index contributed by atoms with van der Waals surface area (Å²) in [4.78, 5) is 70.0. The van der Waals surface area contributed by atoms with Gasteiger partial charge in [0.05, 0.1) is 14.8 Å². The SMILES string of the molecule is O=C(NCCN(CCNC(=O)Nc1cccc([N+](=O)[O-])c1)CCNC(=O)Nc1cccc([N+](=O)[O-])c1)Nc1cccc([N+](=O)[O-])c1. The second-order valence-electron chi connectivity index (χ2n) is 9.41. The first-order chi connectivity index (χ1) is 22.0. The van der Waals surface area contributed by atoms with Gasteiger partial charge in [-0.05, 0) is 18.2 Å². The minimum absolute atomic E-state index is 0.126. The molecule has 0 atom stereocenters. The molecule has 0 bridgehead atoms. The smallest absolute Gasteiger partial charge is 0.319 e. The van der Waals surface area contributed by atoms with E-state index >= 15 is 0 Å². The van der Waals surface area contributed by atoms with Crippen molar-refractivity contribution in [3.63, 3.8) is 0 Å². The lowest BCUT2D eigenvalue weighted by Gasteiger charge is -2.23. The van der Waals surface area contributed by atoms with Gasteiger partial charge in [0.1, 0.15) is 0 Å². The largest absolute Gasteiger partial charge is 0.337 e. The first-order valence-corrected chi connectivity index (χ1v) is 13.6. The fourth-order valence-corrected chi connectivity index (χ4v) is 3.94. The molecule has 242 valence electrons. The maximum absolute atomic E-state index is 12.3. The van der Waals surface area contributed by atoms with E-state index in [0.29, 0.717) is 0 Å². The molecule has 3 rings (SSSR count). The molecule has 19 nitrogen and oxygen atoms in total. The number of benzene rings is 3. The van der Waals surface area contributed by atoms with Crippen molar-refractivity contribution in [1.29, 1.82) is 0 Å². The average Bonchev–Trinajstić information content (AvgIpc) is 3.01. The van der Waals surface area contributed by atoms with Crippen molar-refractivity contribution in [2.75, 3.05) is 55.2 Å². The minimum Gasteiger partial charge on any atom is -0.337 e. The molecule has 3 aromatic rings. The lowest BCUT2D eigenvalue weighted by Crippen LogP contribution is -2.44. The van der Waals surface area contributed by atoms with Crippen LogP contribution in [0.1, 0.15) is 0 Å². The van der Waals surface area contributed by atoms with Crippen LogP contribution in [0.15, 0.2) is 72.8 Å². The topological polar surface area (TPSA) is 256 Å². The Morgan fingerprint density at radius 2 is 0.804 bits per heavy atom. The standard InChI is InChI=1S/C27H30N10O9/c38-25(31-19-4-1-7-22(16-19)35(41)42)28-10-13-34(14-11-29-26(39)32-20-5-2-8-23(17-20)36(43)44)15-12-30-27(40)33-21-6-3-9-24(18-21)37(45)46/h1-9,16-18H,10-15H2,(H2,28,31,38)(H2,29,32,39)(H2,30,33,40). The van der Waals surface area contributed by atoms with Crippen LogP contribution in [0.25, 0.3) is 0 Å². The number of hydrogen-bond acceptors (Lipinski definition) is 10. The zero-order chi connectivity index (χ0) is 33.5. The third kappa shape index (κ3) is 11.7. The second-order valence-corrected chi connectivity index (χ2v) is 9.41. The van der Waals surface area contributed by atoms with Gasteiger partial charge in [0.25, 0.3) is 17.1 Å². The Kier molecular flexibility index (Phi) is 12.7. The van der Waals surface area contributed by atoms with Crippen LogP contribution in [0.4, 0.5) is 48.5 Å². The van der Waals surface area contributed by atoms with Crippen LogP contribution in [-0.2, 0) is 0 Å². The molecule has 0 heterocycles. The minimum atomic E-state index is -0.607. The predicted octanol–water partition coefficient (Wildman–Crippen LogP) is 3.48. The van der Waals surface area contributed by atoms with E-state index in [1.807, 2.05) is 4.90 Å². The van der Waals surface area contributed by atoms with E-state index in [1.54, 1.807) is 0 Å². The van der Waals surface area contributed by atoms with E-state index < -0.39 is 32.9 Å². The molecule has 6 amide bonds. The fraction of sp³-hybridized carbons (Fsp3) is 0.222. The molecule has 6 N–H and O–H groups in total. The summed E-state index contributed by atoms with van der Waals surface area (Å²) in [6.45, 7) is 1.18. The summed E-state index contributed by atoms with van der Waals surface area (Å²) in [5.74, 6) is 0. The summed E-state index contributed by atoms with van der Waals surface area (Å²) >= 11 is 0. The third-order valence-corrected chi connectivity index (χ3v) is 6.09. The van der Waals surface area contributed by atoms with Crippen molar-refractivity contribution >= 4 is 52.2 Å². The highest BCUT2D eigenvalue weighted by Crippen LogP contribution is 2.18. The van der Waals surface area contributed by atoms with Crippen LogP contribution >= 0.6 is 0 Å². The normalized spacial score (nSPS) is 10.4. The van der Waals surface area contributed by atoms with Gasteiger partial charge in [-0.2, -0.15) is 0 Å². The Labute approximate surface area is 260 Å². The van der Waals surface area contributed by atoms with Gasteiger partial charge < -0.3 is 31.9 Å². The van der Waals surface area contributed by atoms with E-state index in [4.69, 9.17) is 0 Å². The first-order valence-electron chi connectivity index (χ1n) is 13.6. The summed E-state index contributed by atoms with van der Waals surface area (Å²) in [6, 6.07) is 14.4. The lowest BCUT2D eigenvalue weighted by molar-refractivity contribution is -0.385. The number of nitrogens with one attached hydrogen (secondary N) is 6. The maximum atomic E-state index is 12.3. The molecule has 0 spiro atoms. The number of non-ortho nitro benzene ring substituents is 3. The zero-order valence-corrected chi connectivity index (χ0v) is 24.1. The highest BCUT2D eigenvalue weighted by atomic mass is 16.6. The quantitative estimate of drug-likeness (QED) is 0.104. The highest BCUT2D eigenvalue weighted by molar-refractivity contribution is 5.90. The highest BCUT2D eigenvalue weighted by Gasteiger charge is 2.13. The predicted molar refractivity (Wildman–Crippen MR) is 167 cm³/mol. The van der Waals surface area contributed by atoms with Crippen molar-refractivity contribution in [2.24, 2.45) is 0 Å². The van der Waals surface area contributed by atoms with Crippen LogP contribution in [0, 0.1) is 30.3 Å². The summed E-state index contributed by atoms with van der Waals surface area (Å²) < 4.78 is 0. The van der Waals surface area contributed by atoms with E-state index in [-0.39, 0.29) is 73.4 Å². The zero-order valence-electron chi connectivity index (χ0n) is 24.1. The number of nitro benzene ring substituents is 3. The Morgan fingerprint density at radius 3 is 1.07 bits per heavy atom. The Hall–Kier alpha value is -6.37. The average molecular weight is 639 g/mol. The van der Waals surface area contributed by atoms with Gasteiger partial charge in [-0.25, -0.2) is 14.4 Å². The Morgan fingerprint density at radius 1 is 0.522 bits per heavy atom.